The summed E-state index contributed by atoms with van der Waals surface area (Å²) >= 11 is 0. The minimum Gasteiger partial charge on any atom is -0.493 e. The number of carboxylic acids is 1. The Morgan fingerprint density at radius 1 is 1.26 bits per heavy atom. The van der Waals surface area contributed by atoms with Crippen molar-refractivity contribution in [2.45, 2.75) is 45.2 Å². The Morgan fingerprint density at radius 2 is 1.89 bits per heavy atom. The van der Waals surface area contributed by atoms with Crippen molar-refractivity contribution in [1.29, 1.82) is 0 Å². The van der Waals surface area contributed by atoms with E-state index in [2.05, 4.69) is 5.32 Å². The minimum absolute atomic E-state index is 0. The van der Waals surface area contributed by atoms with Crippen LogP contribution in [0, 0.1) is 6.92 Å². The predicted octanol–water partition coefficient (Wildman–Crippen LogP) is 2.55. The van der Waals surface area contributed by atoms with Gasteiger partial charge in [0.25, 0.3) is 0 Å². The summed E-state index contributed by atoms with van der Waals surface area (Å²) in [6.45, 7) is 4.57. The van der Waals surface area contributed by atoms with Gasteiger partial charge in [0.15, 0.2) is 11.5 Å². The highest BCUT2D eigenvalue weighted by molar-refractivity contribution is 5.85. The summed E-state index contributed by atoms with van der Waals surface area (Å²) in [7, 11) is 3.16. The molecule has 0 saturated carbocycles. The maximum Gasteiger partial charge on any atom is 0.320 e. The molecule has 152 valence electrons. The van der Waals surface area contributed by atoms with E-state index in [0.717, 1.165) is 24.0 Å². The first-order valence-electron chi connectivity index (χ1n) is 8.86. The van der Waals surface area contributed by atoms with Gasteiger partial charge in [-0.15, -0.1) is 12.4 Å². The molecule has 1 aromatic rings. The number of aliphatic carboxylic acids is 1. The number of hydrogen-bond acceptors (Lipinski definition) is 5. The van der Waals surface area contributed by atoms with Crippen molar-refractivity contribution < 1.29 is 24.2 Å². The molecule has 2 rings (SSSR count). The van der Waals surface area contributed by atoms with Crippen molar-refractivity contribution in [3.05, 3.63) is 23.3 Å². The Bertz CT molecular complexity index is 668. The van der Waals surface area contributed by atoms with Gasteiger partial charge >= 0.3 is 5.97 Å². The first kappa shape index (κ1) is 23.0. The van der Waals surface area contributed by atoms with Crippen LogP contribution in [0.3, 0.4) is 0 Å². The lowest BCUT2D eigenvalue weighted by molar-refractivity contribution is -0.145. The van der Waals surface area contributed by atoms with Crippen LogP contribution in [0.5, 0.6) is 11.5 Å². The van der Waals surface area contributed by atoms with Crippen LogP contribution < -0.4 is 14.8 Å². The summed E-state index contributed by atoms with van der Waals surface area (Å²) in [6, 6.07) is 2.94. The Kier molecular flexibility index (Phi) is 8.85. The van der Waals surface area contributed by atoms with Gasteiger partial charge in [-0.25, -0.2) is 0 Å². The van der Waals surface area contributed by atoms with E-state index >= 15 is 0 Å². The molecule has 1 aliphatic heterocycles. The number of aryl methyl sites for hydroxylation is 1. The molecule has 2 N–H and O–H groups in total. The van der Waals surface area contributed by atoms with Crippen LogP contribution in [0.25, 0.3) is 0 Å². The number of nitrogens with zero attached hydrogens (tertiary/aromatic N) is 1. The molecule has 1 fully saturated rings. The molecule has 1 amide bonds. The first-order chi connectivity index (χ1) is 12.4. The maximum absolute atomic E-state index is 12.5. The Labute approximate surface area is 166 Å². The van der Waals surface area contributed by atoms with Crippen LogP contribution in [-0.4, -0.2) is 55.2 Å². The highest BCUT2D eigenvalue weighted by Gasteiger charge is 2.30. The van der Waals surface area contributed by atoms with Gasteiger partial charge in [-0.1, -0.05) is 6.42 Å². The SMILES string of the molecule is COc1cc(C)c(C(C)NC(=O)CN2CCCCC2C(=O)O)cc1OC.Cl. The lowest BCUT2D eigenvalue weighted by Crippen LogP contribution is -2.49. The predicted molar refractivity (Wildman–Crippen MR) is 105 cm³/mol. The zero-order valence-electron chi connectivity index (χ0n) is 16.3. The normalized spacial score (nSPS) is 18.1. The second-order valence-electron chi connectivity index (χ2n) is 6.67. The monoisotopic (exact) mass is 400 g/mol. The number of carbonyl (C=O) groups excluding carboxylic acids is 1. The standard InChI is InChI=1S/C19H28N2O5.ClH/c1-12-9-16(25-3)17(26-4)10-14(12)13(2)20-18(22)11-21-8-6-5-7-15(21)19(23)24;/h9-10,13,15H,5-8,11H2,1-4H3,(H,20,22)(H,23,24);1H. The van der Waals surface area contributed by atoms with Crippen LogP contribution in [0.2, 0.25) is 0 Å². The number of amides is 1. The number of halogens is 1. The number of nitrogens with one attached hydrogen (secondary N) is 1. The molecule has 0 radical (unpaired) electrons. The van der Waals surface area contributed by atoms with Gasteiger partial charge in [0, 0.05) is 0 Å². The third kappa shape index (κ3) is 5.74. The third-order valence-electron chi connectivity index (χ3n) is 4.86. The van der Waals surface area contributed by atoms with Crippen LogP contribution in [0.4, 0.5) is 0 Å². The molecule has 0 aromatic heterocycles. The van der Waals surface area contributed by atoms with Gasteiger partial charge in [0.1, 0.15) is 6.04 Å². The minimum atomic E-state index is -0.860. The van der Waals surface area contributed by atoms with Crippen molar-refractivity contribution in [2.75, 3.05) is 27.3 Å². The van der Waals surface area contributed by atoms with Gasteiger partial charge < -0.3 is 19.9 Å². The third-order valence-corrected chi connectivity index (χ3v) is 4.86. The summed E-state index contributed by atoms with van der Waals surface area (Å²) < 4.78 is 10.6. The molecule has 27 heavy (non-hydrogen) atoms. The fourth-order valence-corrected chi connectivity index (χ4v) is 3.47. The van der Waals surface area contributed by atoms with Crippen molar-refractivity contribution in [2.24, 2.45) is 0 Å². The Balaban J connectivity index is 0.00000364. The van der Waals surface area contributed by atoms with Gasteiger partial charge in [-0.3, -0.25) is 14.5 Å². The average Bonchev–Trinajstić information content (AvgIpc) is 2.61. The summed E-state index contributed by atoms with van der Waals surface area (Å²) in [5.74, 6) is 0.210. The number of carboxylic acid groups (broad SMARTS) is 1. The summed E-state index contributed by atoms with van der Waals surface area (Å²) in [6.07, 6.45) is 2.39. The van der Waals surface area contributed by atoms with E-state index < -0.39 is 12.0 Å². The van der Waals surface area contributed by atoms with Crippen molar-refractivity contribution in [1.82, 2.24) is 10.2 Å². The van der Waals surface area contributed by atoms with Gasteiger partial charge in [-0.05, 0) is 56.5 Å². The van der Waals surface area contributed by atoms with Gasteiger partial charge in [0.2, 0.25) is 5.91 Å². The van der Waals surface area contributed by atoms with Gasteiger partial charge in [0.05, 0.1) is 26.8 Å². The van der Waals surface area contributed by atoms with Crippen molar-refractivity contribution in [3.63, 3.8) is 0 Å². The zero-order valence-corrected chi connectivity index (χ0v) is 17.1. The van der Waals surface area contributed by atoms with E-state index in [-0.39, 0.29) is 30.9 Å². The topological polar surface area (TPSA) is 88.1 Å². The lowest BCUT2D eigenvalue weighted by Gasteiger charge is -2.32. The smallest absolute Gasteiger partial charge is 0.320 e. The van der Waals surface area contributed by atoms with E-state index in [4.69, 9.17) is 9.47 Å². The molecular formula is C19H29ClN2O5. The first-order valence-corrected chi connectivity index (χ1v) is 8.86. The fourth-order valence-electron chi connectivity index (χ4n) is 3.47. The quantitative estimate of drug-likeness (QED) is 0.731. The zero-order chi connectivity index (χ0) is 19.3. The van der Waals surface area contributed by atoms with Crippen LogP contribution >= 0.6 is 12.4 Å². The molecule has 1 aliphatic rings. The molecule has 0 aliphatic carbocycles. The van der Waals surface area contributed by atoms with E-state index in [1.54, 1.807) is 19.1 Å². The van der Waals surface area contributed by atoms with Crippen molar-refractivity contribution in [3.8, 4) is 11.5 Å². The molecule has 7 nitrogen and oxygen atoms in total. The molecule has 0 spiro atoms. The summed E-state index contributed by atoms with van der Waals surface area (Å²) in [5.41, 5.74) is 1.92. The Morgan fingerprint density at radius 3 is 2.48 bits per heavy atom. The molecule has 8 heteroatoms. The lowest BCUT2D eigenvalue weighted by atomic mass is 10.0. The van der Waals surface area contributed by atoms with Gasteiger partial charge in [-0.2, -0.15) is 0 Å². The number of methoxy groups -OCH3 is 2. The molecule has 1 heterocycles. The summed E-state index contributed by atoms with van der Waals surface area (Å²) in [5, 5.41) is 12.3. The highest BCUT2D eigenvalue weighted by atomic mass is 35.5. The number of ether oxygens (including phenoxy) is 2. The van der Waals surface area contributed by atoms with Crippen molar-refractivity contribution >= 4 is 24.3 Å². The van der Waals surface area contributed by atoms with E-state index in [1.165, 1.54) is 0 Å². The van der Waals surface area contributed by atoms with Crippen LogP contribution in [-0.2, 0) is 9.59 Å². The molecule has 0 bridgehead atoms. The number of hydrogen-bond donors (Lipinski definition) is 2. The second-order valence-corrected chi connectivity index (χ2v) is 6.67. The number of piperidine rings is 1. The number of benzene rings is 1. The van der Waals surface area contributed by atoms with E-state index in [9.17, 15) is 14.7 Å². The molecule has 2 unspecified atom stereocenters. The highest BCUT2D eigenvalue weighted by Crippen LogP contribution is 2.32. The molecule has 1 saturated heterocycles. The van der Waals surface area contributed by atoms with E-state index in [1.807, 2.05) is 26.0 Å². The van der Waals surface area contributed by atoms with Crippen LogP contribution in [0.15, 0.2) is 12.1 Å². The number of carbonyl (C=O) groups is 2. The average molecular weight is 401 g/mol. The van der Waals surface area contributed by atoms with E-state index in [0.29, 0.717) is 24.5 Å². The number of rotatable bonds is 7. The molecular weight excluding hydrogens is 372 g/mol. The number of likely N-dealkylation sites (tertiary alicyclic amines) is 1. The molecule has 2 atom stereocenters. The van der Waals surface area contributed by atoms with Crippen LogP contribution in [0.1, 0.15) is 43.4 Å². The largest absolute Gasteiger partial charge is 0.493 e. The Hall–Kier alpha value is -1.99. The summed E-state index contributed by atoms with van der Waals surface area (Å²) in [4.78, 5) is 25.6. The fraction of sp³-hybridized carbons (Fsp3) is 0.579. The molecule has 1 aromatic carbocycles. The maximum atomic E-state index is 12.5. The second kappa shape index (κ2) is 10.4.